The minimum Gasteiger partial charge on any atom is -0.452 e. The number of carbonyl (C=O) groups is 2. The molecule has 1 amide bonds. The molecular weight excluding hydrogens is 330 g/mol. The number of carbonyl (C=O) groups excluding carboxylic acids is 2. The summed E-state index contributed by atoms with van der Waals surface area (Å²) < 4.78 is 10.9. The Morgan fingerprint density at radius 3 is 2.42 bits per heavy atom. The number of hydrogen-bond acceptors (Lipinski definition) is 4. The van der Waals surface area contributed by atoms with Gasteiger partial charge in [0.25, 0.3) is 0 Å². The van der Waals surface area contributed by atoms with Crippen LogP contribution in [0.3, 0.4) is 0 Å². The van der Waals surface area contributed by atoms with Gasteiger partial charge in [-0.1, -0.05) is 38.1 Å². The van der Waals surface area contributed by atoms with E-state index in [2.05, 4.69) is 13.8 Å². The van der Waals surface area contributed by atoms with Gasteiger partial charge in [0, 0.05) is 20.2 Å². The lowest BCUT2D eigenvalue weighted by Gasteiger charge is -2.10. The van der Waals surface area contributed by atoms with Gasteiger partial charge in [0.05, 0.1) is 5.56 Å². The predicted octanol–water partition coefficient (Wildman–Crippen LogP) is 4.49. The van der Waals surface area contributed by atoms with Gasteiger partial charge in [-0.25, -0.2) is 4.79 Å². The van der Waals surface area contributed by atoms with Crippen molar-refractivity contribution in [1.82, 2.24) is 4.90 Å². The molecule has 134 valence electrons. The van der Waals surface area contributed by atoms with Gasteiger partial charge in [-0.05, 0) is 35.3 Å². The zero-order valence-electron chi connectivity index (χ0n) is 15.3. The number of nitrogens with zero attached hydrogens (tertiary/aromatic N) is 1. The third-order valence-electron chi connectivity index (χ3n) is 4.11. The first-order valence-corrected chi connectivity index (χ1v) is 8.42. The molecule has 2 aromatic rings. The Hall–Kier alpha value is -3.08. The summed E-state index contributed by atoms with van der Waals surface area (Å²) in [6.07, 6.45) is 1.23. The molecule has 2 aromatic carbocycles. The molecular formula is C21H21NO4. The van der Waals surface area contributed by atoms with Crippen LogP contribution in [0, 0.1) is 0 Å². The fourth-order valence-corrected chi connectivity index (χ4v) is 2.55. The second-order valence-corrected chi connectivity index (χ2v) is 6.68. The second-order valence-electron chi connectivity index (χ2n) is 6.68. The van der Waals surface area contributed by atoms with Gasteiger partial charge >= 0.3 is 6.09 Å². The largest absolute Gasteiger partial charge is 0.452 e. The number of ketones is 1. The molecule has 1 heterocycles. The van der Waals surface area contributed by atoms with Crippen LogP contribution in [0.15, 0.2) is 48.2 Å². The van der Waals surface area contributed by atoms with Crippen LogP contribution in [0.4, 0.5) is 4.79 Å². The zero-order chi connectivity index (χ0) is 18.8. The molecule has 3 rings (SSSR count). The van der Waals surface area contributed by atoms with Crippen molar-refractivity contribution >= 4 is 18.0 Å². The van der Waals surface area contributed by atoms with Crippen molar-refractivity contribution in [2.45, 2.75) is 19.8 Å². The number of rotatable bonds is 3. The number of hydrogen-bond donors (Lipinski definition) is 0. The number of Topliss-reactive ketones (excluding diaryl/α,β-unsaturated/α-hetero) is 1. The van der Waals surface area contributed by atoms with Crippen molar-refractivity contribution in [3.05, 3.63) is 64.9 Å². The summed E-state index contributed by atoms with van der Waals surface area (Å²) in [5.41, 5.74) is 2.59. The van der Waals surface area contributed by atoms with Crippen LogP contribution < -0.4 is 9.47 Å². The molecule has 0 aliphatic carbocycles. The van der Waals surface area contributed by atoms with E-state index in [1.807, 2.05) is 24.3 Å². The van der Waals surface area contributed by atoms with Crippen LogP contribution in [-0.4, -0.2) is 30.9 Å². The maximum atomic E-state index is 12.5. The van der Waals surface area contributed by atoms with Crippen molar-refractivity contribution in [3.8, 4) is 11.5 Å². The van der Waals surface area contributed by atoms with Crippen LogP contribution in [0.1, 0.15) is 41.3 Å². The highest BCUT2D eigenvalue weighted by Crippen LogP contribution is 2.35. The third kappa shape index (κ3) is 3.61. The molecule has 0 unspecified atom stereocenters. The molecule has 5 nitrogen and oxygen atoms in total. The summed E-state index contributed by atoms with van der Waals surface area (Å²) in [4.78, 5) is 25.5. The number of benzene rings is 2. The van der Waals surface area contributed by atoms with Gasteiger partial charge in [-0.15, -0.1) is 0 Å². The van der Waals surface area contributed by atoms with E-state index >= 15 is 0 Å². The quantitative estimate of drug-likeness (QED) is 0.765. The molecule has 0 radical (unpaired) electrons. The highest BCUT2D eigenvalue weighted by molar-refractivity contribution is 6.14. The van der Waals surface area contributed by atoms with Gasteiger partial charge in [0.1, 0.15) is 11.5 Å². The van der Waals surface area contributed by atoms with Crippen molar-refractivity contribution in [2.75, 3.05) is 14.1 Å². The van der Waals surface area contributed by atoms with Crippen molar-refractivity contribution in [1.29, 1.82) is 0 Å². The summed E-state index contributed by atoms with van der Waals surface area (Å²) in [7, 11) is 3.20. The minimum atomic E-state index is -0.490. The Bertz CT molecular complexity index is 879. The molecule has 0 fully saturated rings. The number of amides is 1. The van der Waals surface area contributed by atoms with Gasteiger partial charge in [0.2, 0.25) is 5.78 Å². The molecule has 1 aliphatic rings. The number of ether oxygens (including phenoxy) is 2. The van der Waals surface area contributed by atoms with E-state index < -0.39 is 6.09 Å². The van der Waals surface area contributed by atoms with Crippen LogP contribution in [0.25, 0.3) is 6.08 Å². The van der Waals surface area contributed by atoms with E-state index in [1.54, 1.807) is 38.4 Å². The molecule has 0 N–H and O–H groups in total. The minimum absolute atomic E-state index is 0.182. The smallest absolute Gasteiger partial charge is 0.414 e. The SMILES string of the molecule is CC(C)c1ccc(C=C2Oc3cc(OC(=O)N(C)C)ccc3C2=O)cc1. The molecule has 0 atom stereocenters. The van der Waals surface area contributed by atoms with E-state index in [0.29, 0.717) is 23.0 Å². The molecule has 0 bridgehead atoms. The van der Waals surface area contributed by atoms with Crippen molar-refractivity contribution in [3.63, 3.8) is 0 Å². The Balaban J connectivity index is 1.81. The summed E-state index contributed by atoms with van der Waals surface area (Å²) in [5, 5.41) is 0. The molecule has 0 saturated carbocycles. The monoisotopic (exact) mass is 351 g/mol. The van der Waals surface area contributed by atoms with Crippen molar-refractivity contribution in [2.24, 2.45) is 0 Å². The average molecular weight is 351 g/mol. The second kappa shape index (κ2) is 7.04. The van der Waals surface area contributed by atoms with Crippen LogP contribution >= 0.6 is 0 Å². The first kappa shape index (κ1) is 17.7. The Morgan fingerprint density at radius 2 is 1.81 bits per heavy atom. The zero-order valence-corrected chi connectivity index (χ0v) is 15.3. The van der Waals surface area contributed by atoms with Gasteiger partial charge in [-0.3, -0.25) is 4.79 Å². The number of fused-ring (bicyclic) bond motifs is 1. The van der Waals surface area contributed by atoms with E-state index in [-0.39, 0.29) is 11.5 Å². The fourth-order valence-electron chi connectivity index (χ4n) is 2.55. The lowest BCUT2D eigenvalue weighted by molar-refractivity contribution is 0.101. The topological polar surface area (TPSA) is 55.8 Å². The lowest BCUT2D eigenvalue weighted by Crippen LogP contribution is -2.25. The molecule has 1 aliphatic heterocycles. The van der Waals surface area contributed by atoms with Crippen molar-refractivity contribution < 1.29 is 19.1 Å². The van der Waals surface area contributed by atoms with E-state index in [1.165, 1.54) is 10.5 Å². The van der Waals surface area contributed by atoms with Gasteiger partial charge in [-0.2, -0.15) is 0 Å². The van der Waals surface area contributed by atoms with Gasteiger partial charge < -0.3 is 14.4 Å². The van der Waals surface area contributed by atoms with Gasteiger partial charge in [0.15, 0.2) is 5.76 Å². The molecule has 0 spiro atoms. The van der Waals surface area contributed by atoms with Crippen LogP contribution in [0.2, 0.25) is 0 Å². The van der Waals surface area contributed by atoms with Crippen LogP contribution in [-0.2, 0) is 0 Å². The third-order valence-corrected chi connectivity index (χ3v) is 4.11. The van der Waals surface area contributed by atoms with Crippen LogP contribution in [0.5, 0.6) is 11.5 Å². The molecule has 26 heavy (non-hydrogen) atoms. The summed E-state index contributed by atoms with van der Waals surface area (Å²) in [6.45, 7) is 4.27. The predicted molar refractivity (Wildman–Crippen MR) is 99.6 cm³/mol. The standard InChI is InChI=1S/C21H21NO4/c1-13(2)15-7-5-14(6-8-15)11-19-20(23)17-10-9-16(12-18(17)26-19)25-21(24)22(3)4/h5-13H,1-4H3. The molecule has 0 saturated heterocycles. The highest BCUT2D eigenvalue weighted by atomic mass is 16.6. The summed E-state index contributed by atoms with van der Waals surface area (Å²) in [6, 6.07) is 12.8. The lowest BCUT2D eigenvalue weighted by atomic mass is 10.0. The highest BCUT2D eigenvalue weighted by Gasteiger charge is 2.28. The Labute approximate surface area is 152 Å². The Morgan fingerprint density at radius 1 is 1.12 bits per heavy atom. The summed E-state index contributed by atoms with van der Waals surface area (Å²) >= 11 is 0. The summed E-state index contributed by atoms with van der Waals surface area (Å²) in [5.74, 6) is 1.25. The van der Waals surface area contributed by atoms with E-state index in [0.717, 1.165) is 5.56 Å². The fraction of sp³-hybridized carbons (Fsp3) is 0.238. The first-order valence-electron chi connectivity index (χ1n) is 8.42. The number of allylic oxidation sites excluding steroid dienone is 1. The maximum absolute atomic E-state index is 12.5. The molecule has 5 heteroatoms. The first-order chi connectivity index (χ1) is 12.3. The normalized spacial score (nSPS) is 14.3. The average Bonchev–Trinajstić information content (AvgIpc) is 2.90. The maximum Gasteiger partial charge on any atom is 0.414 e. The van der Waals surface area contributed by atoms with E-state index in [9.17, 15) is 9.59 Å². The molecule has 0 aromatic heterocycles. The Kier molecular flexibility index (Phi) is 4.80. The van der Waals surface area contributed by atoms with E-state index in [4.69, 9.17) is 9.47 Å².